The Balaban J connectivity index is 2.58. The van der Waals surface area contributed by atoms with Gasteiger partial charge < -0.3 is 4.74 Å². The van der Waals surface area contributed by atoms with Gasteiger partial charge in [0.05, 0.1) is 12.7 Å². The van der Waals surface area contributed by atoms with E-state index in [1.165, 1.54) is 16.7 Å². The highest BCUT2D eigenvalue weighted by Gasteiger charge is 2.07. The Morgan fingerprint density at radius 3 is 2.56 bits per heavy atom. The molecular formula is C16H16O2. The van der Waals surface area contributed by atoms with Crippen LogP contribution in [0.15, 0.2) is 36.4 Å². The van der Waals surface area contributed by atoms with E-state index >= 15 is 0 Å². The molecule has 0 N–H and O–H groups in total. The van der Waals surface area contributed by atoms with Crippen molar-refractivity contribution in [3.8, 4) is 16.9 Å². The van der Waals surface area contributed by atoms with Crippen LogP contribution in [0, 0.1) is 13.8 Å². The summed E-state index contributed by atoms with van der Waals surface area (Å²) >= 11 is 0. The first-order valence-corrected chi connectivity index (χ1v) is 5.87. The average molecular weight is 240 g/mol. The molecule has 0 atom stereocenters. The standard InChI is InChI=1S/C16H16O2/c1-11-5-4-6-15(12(11)2)13-7-8-14(10-17)16(9-13)18-3/h4-10H,1-3H3. The van der Waals surface area contributed by atoms with Crippen LogP contribution in [0.25, 0.3) is 11.1 Å². The lowest BCUT2D eigenvalue weighted by Crippen LogP contribution is -1.92. The molecule has 0 heterocycles. The van der Waals surface area contributed by atoms with Crippen LogP contribution in [-0.4, -0.2) is 13.4 Å². The largest absolute Gasteiger partial charge is 0.496 e. The molecule has 18 heavy (non-hydrogen) atoms. The van der Waals surface area contributed by atoms with Crippen molar-refractivity contribution in [2.75, 3.05) is 7.11 Å². The lowest BCUT2D eigenvalue weighted by Gasteiger charge is -2.11. The zero-order chi connectivity index (χ0) is 13.1. The van der Waals surface area contributed by atoms with Crippen molar-refractivity contribution >= 4 is 6.29 Å². The summed E-state index contributed by atoms with van der Waals surface area (Å²) in [4.78, 5) is 10.9. The third-order valence-corrected chi connectivity index (χ3v) is 3.28. The first-order valence-electron chi connectivity index (χ1n) is 5.87. The van der Waals surface area contributed by atoms with Gasteiger partial charge in [-0.25, -0.2) is 0 Å². The Morgan fingerprint density at radius 1 is 1.11 bits per heavy atom. The van der Waals surface area contributed by atoms with E-state index in [9.17, 15) is 4.79 Å². The number of benzene rings is 2. The molecule has 2 rings (SSSR count). The monoisotopic (exact) mass is 240 g/mol. The van der Waals surface area contributed by atoms with Gasteiger partial charge in [-0.05, 0) is 48.2 Å². The van der Waals surface area contributed by atoms with Crippen molar-refractivity contribution in [1.29, 1.82) is 0 Å². The summed E-state index contributed by atoms with van der Waals surface area (Å²) in [5.41, 5.74) is 5.32. The molecule has 2 nitrogen and oxygen atoms in total. The Labute approximate surface area is 107 Å². The van der Waals surface area contributed by atoms with Gasteiger partial charge in [-0.1, -0.05) is 24.3 Å². The van der Waals surface area contributed by atoms with Crippen LogP contribution < -0.4 is 4.74 Å². The summed E-state index contributed by atoms with van der Waals surface area (Å²) < 4.78 is 5.24. The summed E-state index contributed by atoms with van der Waals surface area (Å²) in [7, 11) is 1.58. The number of rotatable bonds is 3. The highest BCUT2D eigenvalue weighted by atomic mass is 16.5. The molecule has 0 unspecified atom stereocenters. The van der Waals surface area contributed by atoms with Gasteiger partial charge in [0.2, 0.25) is 0 Å². The van der Waals surface area contributed by atoms with Gasteiger partial charge in [-0.2, -0.15) is 0 Å². The molecule has 0 aliphatic heterocycles. The van der Waals surface area contributed by atoms with Gasteiger partial charge in [0, 0.05) is 0 Å². The predicted molar refractivity (Wildman–Crippen MR) is 73.3 cm³/mol. The van der Waals surface area contributed by atoms with Crippen LogP contribution in [0.2, 0.25) is 0 Å². The summed E-state index contributed by atoms with van der Waals surface area (Å²) in [6.45, 7) is 4.20. The van der Waals surface area contributed by atoms with Crippen molar-refractivity contribution in [3.05, 3.63) is 53.1 Å². The normalized spacial score (nSPS) is 10.2. The Morgan fingerprint density at radius 2 is 1.89 bits per heavy atom. The average Bonchev–Trinajstić information content (AvgIpc) is 2.41. The lowest BCUT2D eigenvalue weighted by molar-refractivity contribution is 0.112. The molecule has 2 heteroatoms. The first-order chi connectivity index (χ1) is 8.67. The van der Waals surface area contributed by atoms with Crippen molar-refractivity contribution in [1.82, 2.24) is 0 Å². The number of methoxy groups -OCH3 is 1. The topological polar surface area (TPSA) is 26.3 Å². The molecule has 0 amide bonds. The molecular weight excluding hydrogens is 224 g/mol. The fraction of sp³-hybridized carbons (Fsp3) is 0.188. The van der Waals surface area contributed by atoms with Gasteiger partial charge in [0.1, 0.15) is 5.75 Å². The SMILES string of the molecule is COc1cc(-c2cccc(C)c2C)ccc1C=O. The summed E-state index contributed by atoms with van der Waals surface area (Å²) in [5, 5.41) is 0. The maximum Gasteiger partial charge on any atom is 0.153 e. The van der Waals surface area contributed by atoms with E-state index in [1.54, 1.807) is 13.2 Å². The van der Waals surface area contributed by atoms with Gasteiger partial charge in [-0.3, -0.25) is 4.79 Å². The summed E-state index contributed by atoms with van der Waals surface area (Å²) in [6.07, 6.45) is 0.811. The highest BCUT2D eigenvalue weighted by Crippen LogP contribution is 2.29. The van der Waals surface area contributed by atoms with E-state index in [4.69, 9.17) is 4.74 Å². The van der Waals surface area contributed by atoms with Crippen LogP contribution in [0.4, 0.5) is 0 Å². The molecule has 0 saturated carbocycles. The second kappa shape index (κ2) is 5.05. The number of carbonyl (C=O) groups excluding carboxylic acids is 1. The molecule has 0 bridgehead atoms. The zero-order valence-electron chi connectivity index (χ0n) is 10.9. The van der Waals surface area contributed by atoms with Gasteiger partial charge in [0.25, 0.3) is 0 Å². The number of aldehydes is 1. The molecule has 0 aliphatic rings. The number of carbonyl (C=O) groups is 1. The molecule has 0 aromatic heterocycles. The van der Waals surface area contributed by atoms with Crippen molar-refractivity contribution in [2.24, 2.45) is 0 Å². The molecule has 92 valence electrons. The minimum Gasteiger partial charge on any atom is -0.496 e. The fourth-order valence-corrected chi connectivity index (χ4v) is 2.04. The zero-order valence-corrected chi connectivity index (χ0v) is 10.9. The second-order valence-electron chi connectivity index (χ2n) is 4.32. The van der Waals surface area contributed by atoms with E-state index in [0.717, 1.165) is 11.8 Å². The summed E-state index contributed by atoms with van der Waals surface area (Å²) in [6, 6.07) is 11.9. The number of hydrogen-bond donors (Lipinski definition) is 0. The maximum atomic E-state index is 10.9. The molecule has 0 saturated heterocycles. The lowest BCUT2D eigenvalue weighted by atomic mass is 9.96. The molecule has 0 fully saturated rings. The van der Waals surface area contributed by atoms with Crippen LogP contribution in [0.1, 0.15) is 21.5 Å². The van der Waals surface area contributed by atoms with E-state index in [-0.39, 0.29) is 0 Å². The van der Waals surface area contributed by atoms with Gasteiger partial charge >= 0.3 is 0 Å². The first kappa shape index (κ1) is 12.4. The number of aryl methyl sites for hydroxylation is 1. The Kier molecular flexibility index (Phi) is 3.47. The highest BCUT2D eigenvalue weighted by molar-refractivity contribution is 5.82. The molecule has 2 aromatic carbocycles. The predicted octanol–water partition coefficient (Wildman–Crippen LogP) is 3.79. The minimum atomic E-state index is 0.576. The molecule has 0 radical (unpaired) electrons. The smallest absolute Gasteiger partial charge is 0.153 e. The van der Waals surface area contributed by atoms with Crippen molar-refractivity contribution in [3.63, 3.8) is 0 Å². The fourth-order valence-electron chi connectivity index (χ4n) is 2.04. The van der Waals surface area contributed by atoms with Gasteiger partial charge in [0.15, 0.2) is 6.29 Å². The Hall–Kier alpha value is -2.09. The Bertz CT molecular complexity index is 586. The van der Waals surface area contributed by atoms with E-state index in [2.05, 4.69) is 26.0 Å². The van der Waals surface area contributed by atoms with Crippen LogP contribution in [0.3, 0.4) is 0 Å². The quantitative estimate of drug-likeness (QED) is 0.763. The number of ether oxygens (including phenoxy) is 1. The van der Waals surface area contributed by atoms with E-state index in [1.807, 2.05) is 18.2 Å². The molecule has 0 spiro atoms. The van der Waals surface area contributed by atoms with Gasteiger partial charge in [-0.15, -0.1) is 0 Å². The minimum absolute atomic E-state index is 0.576. The maximum absolute atomic E-state index is 10.9. The van der Waals surface area contributed by atoms with Crippen LogP contribution in [0.5, 0.6) is 5.75 Å². The summed E-state index contributed by atoms with van der Waals surface area (Å²) in [5.74, 6) is 0.614. The van der Waals surface area contributed by atoms with Crippen molar-refractivity contribution < 1.29 is 9.53 Å². The molecule has 2 aromatic rings. The third kappa shape index (κ3) is 2.14. The second-order valence-corrected chi connectivity index (χ2v) is 4.32. The van der Waals surface area contributed by atoms with E-state index in [0.29, 0.717) is 11.3 Å². The van der Waals surface area contributed by atoms with Crippen LogP contribution >= 0.6 is 0 Å². The third-order valence-electron chi connectivity index (χ3n) is 3.28. The molecule has 0 aliphatic carbocycles. The number of hydrogen-bond acceptors (Lipinski definition) is 2. The van der Waals surface area contributed by atoms with Crippen LogP contribution in [-0.2, 0) is 0 Å². The van der Waals surface area contributed by atoms with E-state index < -0.39 is 0 Å². The van der Waals surface area contributed by atoms with Crippen molar-refractivity contribution in [2.45, 2.75) is 13.8 Å².